The van der Waals surface area contributed by atoms with Crippen LogP contribution in [0.5, 0.6) is 0 Å². The van der Waals surface area contributed by atoms with E-state index in [4.69, 9.17) is 5.73 Å². The predicted molar refractivity (Wildman–Crippen MR) is 79.1 cm³/mol. The zero-order valence-electron chi connectivity index (χ0n) is 11.9. The lowest BCUT2D eigenvalue weighted by molar-refractivity contribution is 0.195. The van der Waals surface area contributed by atoms with Gasteiger partial charge in [0.05, 0.1) is 6.61 Å². The Labute approximate surface area is 123 Å². The molecule has 1 atom stereocenters. The van der Waals surface area contributed by atoms with Crippen molar-refractivity contribution in [1.29, 1.82) is 0 Å². The van der Waals surface area contributed by atoms with Crippen LogP contribution >= 0.6 is 0 Å². The summed E-state index contributed by atoms with van der Waals surface area (Å²) >= 11 is 0. The largest absolute Gasteiger partial charge is 0.395 e. The first-order chi connectivity index (χ1) is 10.0. The van der Waals surface area contributed by atoms with Crippen molar-refractivity contribution in [2.75, 3.05) is 13.2 Å². The number of aliphatic hydroxyl groups excluding tert-OH is 1. The molecule has 0 fully saturated rings. The van der Waals surface area contributed by atoms with Crippen molar-refractivity contribution in [1.82, 2.24) is 0 Å². The fraction of sp³-hybridized carbons (Fsp3) is 0.294. The minimum absolute atomic E-state index is 0.170. The molecule has 0 radical (unpaired) electrons. The van der Waals surface area contributed by atoms with E-state index in [1.165, 1.54) is 24.3 Å². The Morgan fingerprint density at radius 3 is 2.38 bits per heavy atom. The van der Waals surface area contributed by atoms with Crippen molar-refractivity contribution < 1.29 is 13.9 Å². The summed E-state index contributed by atoms with van der Waals surface area (Å²) in [6.45, 7) is 1.77. The molecule has 1 unspecified atom stereocenters. The highest BCUT2D eigenvalue weighted by Crippen LogP contribution is 2.29. The lowest BCUT2D eigenvalue weighted by Gasteiger charge is -2.32. The third-order valence-corrected chi connectivity index (χ3v) is 3.96. The fourth-order valence-corrected chi connectivity index (χ4v) is 2.54. The summed E-state index contributed by atoms with van der Waals surface area (Å²) in [6, 6.07) is 10.6. The van der Waals surface area contributed by atoms with Gasteiger partial charge in [-0.15, -0.1) is 0 Å². The van der Waals surface area contributed by atoms with Gasteiger partial charge in [0.2, 0.25) is 0 Å². The number of aliphatic hydroxyl groups is 1. The van der Waals surface area contributed by atoms with E-state index < -0.39 is 5.41 Å². The number of nitrogens with two attached hydrogens (primary N) is 1. The van der Waals surface area contributed by atoms with Gasteiger partial charge in [0.25, 0.3) is 0 Å². The van der Waals surface area contributed by atoms with Crippen molar-refractivity contribution in [3.63, 3.8) is 0 Å². The summed E-state index contributed by atoms with van der Waals surface area (Å²) in [7, 11) is 0. The van der Waals surface area contributed by atoms with Gasteiger partial charge in [0.1, 0.15) is 11.6 Å². The molecule has 0 bridgehead atoms. The Bertz CT molecular complexity index is 624. The SMILES string of the molecule is Cc1cc(F)ccc1CC(CN)(CO)c1cccc(F)c1. The Morgan fingerprint density at radius 1 is 1.10 bits per heavy atom. The minimum atomic E-state index is -0.773. The van der Waals surface area contributed by atoms with Crippen LogP contribution in [-0.2, 0) is 11.8 Å². The monoisotopic (exact) mass is 291 g/mol. The molecule has 2 aromatic rings. The third kappa shape index (κ3) is 3.28. The van der Waals surface area contributed by atoms with Crippen LogP contribution in [0.3, 0.4) is 0 Å². The fourth-order valence-electron chi connectivity index (χ4n) is 2.54. The van der Waals surface area contributed by atoms with Gasteiger partial charge in [0.15, 0.2) is 0 Å². The highest BCUT2D eigenvalue weighted by Gasteiger charge is 2.31. The van der Waals surface area contributed by atoms with Gasteiger partial charge in [-0.05, 0) is 54.3 Å². The van der Waals surface area contributed by atoms with Crippen molar-refractivity contribution in [3.8, 4) is 0 Å². The van der Waals surface area contributed by atoms with Crippen LogP contribution < -0.4 is 5.73 Å². The molecule has 0 amide bonds. The molecule has 3 N–H and O–H groups in total. The lowest BCUT2D eigenvalue weighted by Crippen LogP contribution is -2.41. The summed E-state index contributed by atoms with van der Waals surface area (Å²) in [5.74, 6) is -0.668. The summed E-state index contributed by atoms with van der Waals surface area (Å²) in [5, 5.41) is 9.85. The van der Waals surface area contributed by atoms with Crippen LogP contribution in [0.1, 0.15) is 16.7 Å². The maximum absolute atomic E-state index is 13.5. The molecule has 2 rings (SSSR count). The second kappa shape index (κ2) is 6.33. The standard InChI is InChI=1S/C17H19F2NO/c1-12-7-16(19)6-5-13(12)9-17(10-20,11-21)14-3-2-4-15(18)8-14/h2-8,21H,9-11,20H2,1H3. The van der Waals surface area contributed by atoms with Crippen LogP contribution in [-0.4, -0.2) is 18.3 Å². The van der Waals surface area contributed by atoms with E-state index in [0.717, 1.165) is 11.1 Å². The summed E-state index contributed by atoms with van der Waals surface area (Å²) in [6.07, 6.45) is 0.426. The number of aryl methyl sites for hydroxylation is 1. The van der Waals surface area contributed by atoms with E-state index >= 15 is 0 Å². The number of rotatable bonds is 5. The molecule has 0 aliphatic rings. The molecule has 0 aliphatic heterocycles. The Kier molecular flexibility index (Phi) is 4.70. The maximum Gasteiger partial charge on any atom is 0.123 e. The van der Waals surface area contributed by atoms with Crippen LogP contribution in [0.2, 0.25) is 0 Å². The number of halogens is 2. The van der Waals surface area contributed by atoms with Crippen LogP contribution in [0.15, 0.2) is 42.5 Å². The molecule has 2 nitrogen and oxygen atoms in total. The molecule has 21 heavy (non-hydrogen) atoms. The average Bonchev–Trinajstić information content (AvgIpc) is 2.47. The van der Waals surface area contributed by atoms with Crippen molar-refractivity contribution in [2.45, 2.75) is 18.8 Å². The van der Waals surface area contributed by atoms with Gasteiger partial charge in [-0.3, -0.25) is 0 Å². The second-order valence-corrected chi connectivity index (χ2v) is 5.40. The van der Waals surface area contributed by atoms with E-state index in [1.54, 1.807) is 18.2 Å². The van der Waals surface area contributed by atoms with E-state index in [-0.39, 0.29) is 24.8 Å². The Morgan fingerprint density at radius 2 is 1.81 bits per heavy atom. The highest BCUT2D eigenvalue weighted by molar-refractivity contribution is 5.34. The van der Waals surface area contributed by atoms with Crippen LogP contribution in [0, 0.1) is 18.6 Å². The first-order valence-electron chi connectivity index (χ1n) is 6.83. The quantitative estimate of drug-likeness (QED) is 0.889. The topological polar surface area (TPSA) is 46.2 Å². The normalized spacial score (nSPS) is 14.0. The minimum Gasteiger partial charge on any atom is -0.395 e. The first kappa shape index (κ1) is 15.6. The summed E-state index contributed by atoms with van der Waals surface area (Å²) < 4.78 is 26.7. The molecule has 0 saturated heterocycles. The Balaban J connectivity index is 2.43. The number of hydrogen-bond acceptors (Lipinski definition) is 2. The van der Waals surface area contributed by atoms with Crippen LogP contribution in [0.25, 0.3) is 0 Å². The first-order valence-corrected chi connectivity index (χ1v) is 6.83. The molecular weight excluding hydrogens is 272 g/mol. The summed E-state index contributed by atoms with van der Waals surface area (Å²) in [5.41, 5.74) is 7.43. The van der Waals surface area contributed by atoms with Gasteiger partial charge >= 0.3 is 0 Å². The molecule has 0 aromatic heterocycles. The van der Waals surface area contributed by atoms with Crippen molar-refractivity contribution >= 4 is 0 Å². The molecule has 2 aromatic carbocycles. The smallest absolute Gasteiger partial charge is 0.123 e. The molecular formula is C17H19F2NO. The molecule has 0 heterocycles. The zero-order valence-corrected chi connectivity index (χ0v) is 11.9. The maximum atomic E-state index is 13.5. The average molecular weight is 291 g/mol. The highest BCUT2D eigenvalue weighted by atomic mass is 19.1. The van der Waals surface area contributed by atoms with Gasteiger partial charge in [-0.1, -0.05) is 18.2 Å². The number of hydrogen-bond donors (Lipinski definition) is 2. The van der Waals surface area contributed by atoms with Gasteiger partial charge in [0, 0.05) is 12.0 Å². The van der Waals surface area contributed by atoms with E-state index in [9.17, 15) is 13.9 Å². The van der Waals surface area contributed by atoms with Crippen LogP contribution in [0.4, 0.5) is 8.78 Å². The van der Waals surface area contributed by atoms with Crippen molar-refractivity contribution in [2.24, 2.45) is 5.73 Å². The van der Waals surface area contributed by atoms with Gasteiger partial charge in [-0.2, -0.15) is 0 Å². The predicted octanol–water partition coefficient (Wildman–Crippen LogP) is 2.70. The lowest BCUT2D eigenvalue weighted by atomic mass is 9.75. The number of benzene rings is 2. The van der Waals surface area contributed by atoms with Crippen molar-refractivity contribution in [3.05, 3.63) is 70.8 Å². The van der Waals surface area contributed by atoms with E-state index in [1.807, 2.05) is 6.92 Å². The van der Waals surface area contributed by atoms with Gasteiger partial charge < -0.3 is 10.8 Å². The third-order valence-electron chi connectivity index (χ3n) is 3.96. The molecule has 4 heteroatoms. The van der Waals surface area contributed by atoms with Gasteiger partial charge in [-0.25, -0.2) is 8.78 Å². The molecule has 0 aliphatic carbocycles. The second-order valence-electron chi connectivity index (χ2n) is 5.40. The van der Waals surface area contributed by atoms with E-state index in [2.05, 4.69) is 0 Å². The van der Waals surface area contributed by atoms with E-state index in [0.29, 0.717) is 12.0 Å². The molecule has 0 spiro atoms. The summed E-state index contributed by atoms with van der Waals surface area (Å²) in [4.78, 5) is 0. The Hall–Kier alpha value is -1.78. The molecule has 0 saturated carbocycles. The molecule has 112 valence electrons. The zero-order chi connectivity index (χ0) is 15.5.